The number of thiazole rings is 1. The van der Waals surface area contributed by atoms with Gasteiger partial charge in [0.05, 0.1) is 6.61 Å². The number of aromatic nitrogens is 1. The summed E-state index contributed by atoms with van der Waals surface area (Å²) in [6.45, 7) is 6.65. The lowest BCUT2D eigenvalue weighted by atomic mass is 10.1. The minimum absolute atomic E-state index is 0.0576. The minimum atomic E-state index is -0.597. The second kappa shape index (κ2) is 6.42. The van der Waals surface area contributed by atoms with Crippen molar-refractivity contribution in [1.82, 2.24) is 4.98 Å². The number of carbonyl (C=O) groups is 3. The predicted octanol–water partition coefficient (Wildman–Crippen LogP) is 2.12. The van der Waals surface area contributed by atoms with E-state index in [9.17, 15) is 14.4 Å². The molecule has 0 saturated heterocycles. The van der Waals surface area contributed by atoms with Gasteiger partial charge in [0.15, 0.2) is 10.9 Å². The van der Waals surface area contributed by atoms with Gasteiger partial charge in [0, 0.05) is 12.8 Å². The lowest BCUT2D eigenvalue weighted by molar-refractivity contribution is -0.114. The lowest BCUT2D eigenvalue weighted by Crippen LogP contribution is -2.14. The Balaban J connectivity index is 3.17. The fourth-order valence-corrected chi connectivity index (χ4v) is 2.21. The van der Waals surface area contributed by atoms with E-state index in [-0.39, 0.29) is 39.9 Å². The zero-order valence-corrected chi connectivity index (χ0v) is 12.1. The third-order valence-corrected chi connectivity index (χ3v) is 3.08. The summed E-state index contributed by atoms with van der Waals surface area (Å²) in [6, 6.07) is 0. The molecule has 0 aliphatic carbocycles. The van der Waals surface area contributed by atoms with Crippen molar-refractivity contribution in [3.63, 3.8) is 0 Å². The first-order valence-corrected chi connectivity index (χ1v) is 6.68. The van der Waals surface area contributed by atoms with E-state index in [1.54, 1.807) is 20.8 Å². The van der Waals surface area contributed by atoms with Crippen LogP contribution in [0.15, 0.2) is 0 Å². The van der Waals surface area contributed by atoms with Crippen molar-refractivity contribution in [3.05, 3.63) is 10.6 Å². The highest BCUT2D eigenvalue weighted by molar-refractivity contribution is 7.17. The van der Waals surface area contributed by atoms with Gasteiger partial charge in [-0.05, 0) is 6.92 Å². The summed E-state index contributed by atoms with van der Waals surface area (Å²) in [5.41, 5.74) is 0.0576. The molecule has 1 rings (SSSR count). The molecule has 1 amide bonds. The predicted molar refractivity (Wildman–Crippen MR) is 71.5 cm³/mol. The van der Waals surface area contributed by atoms with Crippen molar-refractivity contribution in [2.75, 3.05) is 11.9 Å². The summed E-state index contributed by atoms with van der Waals surface area (Å²) in [5, 5.41) is 2.69. The molecule has 0 atom stereocenters. The zero-order valence-electron chi connectivity index (χ0n) is 11.3. The highest BCUT2D eigenvalue weighted by Gasteiger charge is 2.26. The molecule has 0 bridgehead atoms. The summed E-state index contributed by atoms with van der Waals surface area (Å²) in [4.78, 5) is 38.9. The van der Waals surface area contributed by atoms with Crippen LogP contribution in [0.2, 0.25) is 0 Å². The summed E-state index contributed by atoms with van der Waals surface area (Å²) in [5.74, 6) is -1.45. The molecule has 0 unspecified atom stereocenters. The number of esters is 1. The molecule has 0 aliphatic heterocycles. The average Bonchev–Trinajstić information content (AvgIpc) is 2.71. The highest BCUT2D eigenvalue weighted by Crippen LogP contribution is 2.26. The maximum atomic E-state index is 12.0. The fourth-order valence-electron chi connectivity index (χ4n) is 1.30. The van der Waals surface area contributed by atoms with Crippen molar-refractivity contribution >= 4 is 34.1 Å². The monoisotopic (exact) mass is 284 g/mol. The van der Waals surface area contributed by atoms with Crippen LogP contribution in [0.25, 0.3) is 0 Å². The molecule has 1 heterocycles. The Morgan fingerprint density at radius 2 is 2.00 bits per heavy atom. The molecular weight excluding hydrogens is 268 g/mol. The maximum Gasteiger partial charge on any atom is 0.350 e. The number of ether oxygens (including phenoxy) is 1. The van der Waals surface area contributed by atoms with E-state index in [4.69, 9.17) is 4.74 Å². The molecule has 0 fully saturated rings. The van der Waals surface area contributed by atoms with Gasteiger partial charge in [-0.25, -0.2) is 9.78 Å². The Hall–Kier alpha value is -1.76. The third kappa shape index (κ3) is 3.85. The van der Waals surface area contributed by atoms with Gasteiger partial charge in [0.25, 0.3) is 0 Å². The molecule has 0 aromatic carbocycles. The smallest absolute Gasteiger partial charge is 0.350 e. The quantitative estimate of drug-likeness (QED) is 0.661. The maximum absolute atomic E-state index is 12.0. The number of nitrogens with one attached hydrogen (secondary N) is 1. The summed E-state index contributed by atoms with van der Waals surface area (Å²) in [7, 11) is 0. The largest absolute Gasteiger partial charge is 0.462 e. The number of hydrogen-bond acceptors (Lipinski definition) is 6. The Morgan fingerprint density at radius 3 is 2.47 bits per heavy atom. The summed E-state index contributed by atoms with van der Waals surface area (Å²) < 4.78 is 4.88. The van der Waals surface area contributed by atoms with E-state index < -0.39 is 5.97 Å². The Labute approximate surface area is 115 Å². The van der Waals surface area contributed by atoms with Crippen LogP contribution in [0.5, 0.6) is 0 Å². The van der Waals surface area contributed by atoms with Crippen LogP contribution in [-0.4, -0.2) is 29.3 Å². The van der Waals surface area contributed by atoms with Gasteiger partial charge in [0.1, 0.15) is 10.6 Å². The van der Waals surface area contributed by atoms with Crippen LogP contribution in [0.3, 0.4) is 0 Å². The molecule has 0 saturated carbocycles. The molecule has 1 aromatic rings. The van der Waals surface area contributed by atoms with E-state index in [1.165, 1.54) is 6.92 Å². The molecule has 0 spiro atoms. The third-order valence-electron chi connectivity index (χ3n) is 2.13. The van der Waals surface area contributed by atoms with Crippen molar-refractivity contribution in [1.29, 1.82) is 0 Å². The van der Waals surface area contributed by atoms with Crippen LogP contribution in [0.1, 0.15) is 47.9 Å². The molecular formula is C12H16N2O4S. The van der Waals surface area contributed by atoms with Crippen LogP contribution >= 0.6 is 11.3 Å². The number of rotatable bonds is 5. The van der Waals surface area contributed by atoms with E-state index in [2.05, 4.69) is 10.3 Å². The SMILES string of the molecule is CCOC(=O)c1sc(NC(C)=O)nc1C(=O)C(C)C. The van der Waals surface area contributed by atoms with Crippen molar-refractivity contribution in [2.45, 2.75) is 27.7 Å². The van der Waals surface area contributed by atoms with Crippen LogP contribution < -0.4 is 5.32 Å². The number of Topliss-reactive ketones (excluding diaryl/α,β-unsaturated/α-hetero) is 1. The molecule has 19 heavy (non-hydrogen) atoms. The first-order chi connectivity index (χ1) is 8.86. The first kappa shape index (κ1) is 15.3. The first-order valence-electron chi connectivity index (χ1n) is 5.86. The van der Waals surface area contributed by atoms with E-state index >= 15 is 0 Å². The standard InChI is InChI=1S/C12H16N2O4S/c1-5-18-11(17)10-8(9(16)6(2)3)14-12(19-10)13-7(4)15/h6H,5H2,1-4H3,(H,13,14,15). The Bertz CT molecular complexity index is 508. The number of anilines is 1. The Morgan fingerprint density at radius 1 is 1.37 bits per heavy atom. The lowest BCUT2D eigenvalue weighted by Gasteiger charge is -2.03. The van der Waals surface area contributed by atoms with Crippen molar-refractivity contribution < 1.29 is 19.1 Å². The normalized spacial score (nSPS) is 10.4. The topological polar surface area (TPSA) is 85.4 Å². The van der Waals surface area contributed by atoms with E-state index in [0.717, 1.165) is 11.3 Å². The van der Waals surface area contributed by atoms with Gasteiger partial charge in [-0.3, -0.25) is 9.59 Å². The van der Waals surface area contributed by atoms with Gasteiger partial charge >= 0.3 is 5.97 Å². The van der Waals surface area contributed by atoms with Gasteiger partial charge in [0.2, 0.25) is 5.91 Å². The second-order valence-corrected chi connectivity index (χ2v) is 5.12. The summed E-state index contributed by atoms with van der Waals surface area (Å²) in [6.07, 6.45) is 0. The number of carbonyl (C=O) groups excluding carboxylic acids is 3. The fraction of sp³-hybridized carbons (Fsp3) is 0.500. The van der Waals surface area contributed by atoms with E-state index in [0.29, 0.717) is 0 Å². The molecule has 7 heteroatoms. The molecule has 1 aromatic heterocycles. The van der Waals surface area contributed by atoms with Crippen LogP contribution in [-0.2, 0) is 9.53 Å². The minimum Gasteiger partial charge on any atom is -0.462 e. The van der Waals surface area contributed by atoms with Crippen molar-refractivity contribution in [3.8, 4) is 0 Å². The number of nitrogens with zero attached hydrogens (tertiary/aromatic N) is 1. The number of ketones is 1. The number of hydrogen-bond donors (Lipinski definition) is 1. The average molecular weight is 284 g/mol. The summed E-state index contributed by atoms with van der Waals surface area (Å²) >= 11 is 0.943. The molecule has 0 aliphatic rings. The molecule has 6 nitrogen and oxygen atoms in total. The van der Waals surface area contributed by atoms with Gasteiger partial charge < -0.3 is 10.1 Å². The molecule has 1 N–H and O–H groups in total. The van der Waals surface area contributed by atoms with Crippen molar-refractivity contribution in [2.24, 2.45) is 5.92 Å². The molecule has 0 radical (unpaired) electrons. The van der Waals surface area contributed by atoms with E-state index in [1.807, 2.05) is 0 Å². The van der Waals surface area contributed by atoms with Gasteiger partial charge in [-0.1, -0.05) is 25.2 Å². The molecule has 104 valence electrons. The Kier molecular flexibility index (Phi) is 5.17. The van der Waals surface area contributed by atoms with Gasteiger partial charge in [-0.15, -0.1) is 0 Å². The van der Waals surface area contributed by atoms with Crippen LogP contribution in [0.4, 0.5) is 5.13 Å². The number of amides is 1. The second-order valence-electron chi connectivity index (χ2n) is 4.12. The zero-order chi connectivity index (χ0) is 14.6. The van der Waals surface area contributed by atoms with Crippen LogP contribution in [0, 0.1) is 5.92 Å². The van der Waals surface area contributed by atoms with Gasteiger partial charge in [-0.2, -0.15) is 0 Å². The highest BCUT2D eigenvalue weighted by atomic mass is 32.1.